The Morgan fingerprint density at radius 3 is 2.82 bits per heavy atom. The minimum Gasteiger partial charge on any atom is -0.479 e. The molecule has 0 aliphatic carbocycles. The first-order chi connectivity index (χ1) is 13.6. The molecule has 0 bridgehead atoms. The lowest BCUT2D eigenvalue weighted by Gasteiger charge is -2.23. The number of furan rings is 1. The summed E-state index contributed by atoms with van der Waals surface area (Å²) in [5.41, 5.74) is 1.88. The van der Waals surface area contributed by atoms with Gasteiger partial charge < -0.3 is 19.8 Å². The van der Waals surface area contributed by atoms with Crippen LogP contribution in [0, 0.1) is 0 Å². The highest BCUT2D eigenvalue weighted by Gasteiger charge is 2.24. The molecule has 3 aromatic rings. The smallest absolute Gasteiger partial charge is 0.291 e. The number of carbonyl (C=O) groups excluding carboxylic acids is 2. The van der Waals surface area contributed by atoms with Gasteiger partial charge in [-0.05, 0) is 43.3 Å². The van der Waals surface area contributed by atoms with Gasteiger partial charge in [0.15, 0.2) is 11.9 Å². The third-order valence-corrected chi connectivity index (χ3v) is 5.32. The van der Waals surface area contributed by atoms with Crippen molar-refractivity contribution in [1.82, 2.24) is 0 Å². The average Bonchev–Trinajstić information content (AvgIpc) is 3.17. The molecule has 142 valence electrons. The minimum atomic E-state index is -0.541. The zero-order valence-corrected chi connectivity index (χ0v) is 15.9. The van der Waals surface area contributed by atoms with Crippen molar-refractivity contribution >= 4 is 35.0 Å². The van der Waals surface area contributed by atoms with Gasteiger partial charge in [0.1, 0.15) is 5.75 Å². The fourth-order valence-electron chi connectivity index (χ4n) is 2.80. The van der Waals surface area contributed by atoms with Crippen molar-refractivity contribution in [2.24, 2.45) is 0 Å². The summed E-state index contributed by atoms with van der Waals surface area (Å²) in [5, 5.41) is 5.58. The van der Waals surface area contributed by atoms with Crippen LogP contribution in [-0.4, -0.2) is 17.9 Å². The van der Waals surface area contributed by atoms with E-state index in [0.29, 0.717) is 22.9 Å². The van der Waals surface area contributed by atoms with Gasteiger partial charge in [0.05, 0.1) is 12.0 Å². The Labute approximate surface area is 166 Å². The maximum atomic E-state index is 12.7. The monoisotopic (exact) mass is 394 g/mol. The van der Waals surface area contributed by atoms with Crippen molar-refractivity contribution in [2.45, 2.75) is 23.7 Å². The fraction of sp³-hybridized carbons (Fsp3) is 0.143. The van der Waals surface area contributed by atoms with Crippen LogP contribution in [0.5, 0.6) is 5.75 Å². The number of ether oxygens (including phenoxy) is 1. The Hall–Kier alpha value is -3.19. The molecule has 0 saturated heterocycles. The molecule has 1 aliphatic heterocycles. The Morgan fingerprint density at radius 2 is 2.00 bits per heavy atom. The zero-order valence-electron chi connectivity index (χ0n) is 15.1. The van der Waals surface area contributed by atoms with Crippen molar-refractivity contribution in [3.05, 3.63) is 72.2 Å². The van der Waals surface area contributed by atoms with Gasteiger partial charge >= 0.3 is 0 Å². The van der Waals surface area contributed by atoms with Crippen molar-refractivity contribution in [3.8, 4) is 5.75 Å². The van der Waals surface area contributed by atoms with E-state index in [1.807, 2.05) is 30.3 Å². The van der Waals surface area contributed by atoms with Gasteiger partial charge in [0, 0.05) is 21.9 Å². The molecule has 0 radical (unpaired) electrons. The van der Waals surface area contributed by atoms with E-state index in [-0.39, 0.29) is 17.6 Å². The van der Waals surface area contributed by atoms with Crippen LogP contribution in [0.2, 0.25) is 0 Å². The normalized spacial score (nSPS) is 15.3. The first-order valence-electron chi connectivity index (χ1n) is 8.77. The highest BCUT2D eigenvalue weighted by Crippen LogP contribution is 2.32. The lowest BCUT2D eigenvalue weighted by molar-refractivity contribution is -0.122. The molecule has 7 heteroatoms. The predicted molar refractivity (Wildman–Crippen MR) is 108 cm³/mol. The Bertz CT molecular complexity index is 1020. The summed E-state index contributed by atoms with van der Waals surface area (Å²) in [6.45, 7) is 1.68. The number of anilines is 2. The fourth-order valence-corrected chi connectivity index (χ4v) is 3.70. The molecule has 2 amide bonds. The molecule has 2 N–H and O–H groups in total. The van der Waals surface area contributed by atoms with E-state index in [0.717, 1.165) is 10.5 Å². The van der Waals surface area contributed by atoms with Crippen LogP contribution in [0.4, 0.5) is 11.4 Å². The topological polar surface area (TPSA) is 80.6 Å². The van der Waals surface area contributed by atoms with Crippen LogP contribution in [0.25, 0.3) is 0 Å². The molecule has 1 aromatic heterocycles. The summed E-state index contributed by atoms with van der Waals surface area (Å²) in [7, 11) is 0. The van der Waals surface area contributed by atoms with Gasteiger partial charge in [-0.3, -0.25) is 9.59 Å². The number of hydrogen-bond acceptors (Lipinski definition) is 5. The zero-order chi connectivity index (χ0) is 19.5. The Kier molecular flexibility index (Phi) is 5.08. The summed E-state index contributed by atoms with van der Waals surface area (Å²) < 4.78 is 10.9. The number of hydrogen-bond donors (Lipinski definition) is 2. The first-order valence-corrected chi connectivity index (χ1v) is 9.76. The Balaban J connectivity index is 1.45. The number of benzene rings is 2. The van der Waals surface area contributed by atoms with E-state index in [9.17, 15) is 9.59 Å². The molecular weight excluding hydrogens is 376 g/mol. The second kappa shape index (κ2) is 7.82. The van der Waals surface area contributed by atoms with E-state index in [2.05, 4.69) is 10.6 Å². The van der Waals surface area contributed by atoms with Crippen LogP contribution >= 0.6 is 11.8 Å². The van der Waals surface area contributed by atoms with E-state index in [1.54, 1.807) is 43.0 Å². The highest BCUT2D eigenvalue weighted by molar-refractivity contribution is 7.98. The molecule has 4 rings (SSSR count). The van der Waals surface area contributed by atoms with Crippen molar-refractivity contribution < 1.29 is 18.7 Å². The Morgan fingerprint density at radius 1 is 1.18 bits per heavy atom. The minimum absolute atomic E-state index is 0.220. The van der Waals surface area contributed by atoms with E-state index < -0.39 is 6.10 Å². The highest BCUT2D eigenvalue weighted by atomic mass is 32.2. The van der Waals surface area contributed by atoms with Crippen LogP contribution in [0.3, 0.4) is 0 Å². The van der Waals surface area contributed by atoms with Gasteiger partial charge in [-0.25, -0.2) is 0 Å². The van der Waals surface area contributed by atoms with Gasteiger partial charge in [-0.2, -0.15) is 0 Å². The van der Waals surface area contributed by atoms with Crippen molar-refractivity contribution in [3.63, 3.8) is 0 Å². The van der Waals surface area contributed by atoms with E-state index >= 15 is 0 Å². The van der Waals surface area contributed by atoms with Crippen LogP contribution in [0.1, 0.15) is 23.0 Å². The summed E-state index contributed by atoms with van der Waals surface area (Å²) in [5.74, 6) is 0.903. The molecule has 0 spiro atoms. The second-order valence-electron chi connectivity index (χ2n) is 6.29. The average molecular weight is 394 g/mol. The molecule has 0 fully saturated rings. The largest absolute Gasteiger partial charge is 0.479 e. The third-order valence-electron chi connectivity index (χ3n) is 4.26. The molecule has 6 nitrogen and oxygen atoms in total. The molecular formula is C21H18N2O4S. The number of carbonyl (C=O) groups is 2. The maximum Gasteiger partial charge on any atom is 0.291 e. The summed E-state index contributed by atoms with van der Waals surface area (Å²) in [6.07, 6.45) is 0.971. The lowest BCUT2D eigenvalue weighted by atomic mass is 10.2. The SMILES string of the molecule is CC1Oc2ccc(NC(=O)c3occc3CSc3ccccc3)cc2NC1=O. The molecule has 28 heavy (non-hydrogen) atoms. The molecule has 2 heterocycles. The number of fused-ring (bicyclic) bond motifs is 1. The molecule has 1 unspecified atom stereocenters. The van der Waals surface area contributed by atoms with Crippen molar-refractivity contribution in [2.75, 3.05) is 10.6 Å². The number of amides is 2. The van der Waals surface area contributed by atoms with E-state index in [4.69, 9.17) is 9.15 Å². The number of rotatable bonds is 5. The summed E-state index contributed by atoms with van der Waals surface area (Å²) in [4.78, 5) is 25.5. The second-order valence-corrected chi connectivity index (χ2v) is 7.34. The van der Waals surface area contributed by atoms with E-state index in [1.165, 1.54) is 6.26 Å². The van der Waals surface area contributed by atoms with Crippen LogP contribution in [-0.2, 0) is 10.5 Å². The molecule has 1 aliphatic rings. The van der Waals surface area contributed by atoms with Gasteiger partial charge in [-0.15, -0.1) is 11.8 Å². The van der Waals surface area contributed by atoms with Gasteiger partial charge in [0.25, 0.3) is 11.8 Å². The quantitative estimate of drug-likeness (QED) is 0.621. The summed E-state index contributed by atoms with van der Waals surface area (Å²) >= 11 is 1.63. The standard InChI is InChI=1S/C21H18N2O4S/c1-13-20(24)23-17-11-15(7-8-18(17)27-13)22-21(25)19-14(9-10-26-19)12-28-16-5-3-2-4-6-16/h2-11,13H,12H2,1H3,(H,22,25)(H,23,24). The summed E-state index contributed by atoms with van der Waals surface area (Å²) in [6, 6.07) is 16.9. The van der Waals surface area contributed by atoms with Gasteiger partial charge in [0.2, 0.25) is 0 Å². The third kappa shape index (κ3) is 3.89. The first kappa shape index (κ1) is 18.2. The molecule has 0 saturated carbocycles. The van der Waals surface area contributed by atoms with Crippen molar-refractivity contribution in [1.29, 1.82) is 0 Å². The molecule has 2 aromatic carbocycles. The van der Waals surface area contributed by atoms with Crippen LogP contribution < -0.4 is 15.4 Å². The maximum absolute atomic E-state index is 12.7. The predicted octanol–water partition coefficient (Wildman–Crippen LogP) is 4.54. The molecule has 1 atom stereocenters. The van der Waals surface area contributed by atoms with Gasteiger partial charge in [-0.1, -0.05) is 18.2 Å². The number of thioether (sulfide) groups is 1. The van der Waals surface area contributed by atoms with Crippen LogP contribution in [0.15, 0.2) is 70.2 Å². The number of nitrogens with one attached hydrogen (secondary N) is 2. The lowest BCUT2D eigenvalue weighted by Crippen LogP contribution is -2.34.